The Bertz CT molecular complexity index is 1990. The van der Waals surface area contributed by atoms with E-state index in [1.165, 1.54) is 18.3 Å². The Labute approximate surface area is 310 Å². The van der Waals surface area contributed by atoms with Crippen LogP contribution in [0.4, 0.5) is 11.6 Å². The molecule has 0 radical (unpaired) electrons. The van der Waals surface area contributed by atoms with Crippen molar-refractivity contribution in [2.75, 3.05) is 23.3 Å². The summed E-state index contributed by atoms with van der Waals surface area (Å²) >= 11 is 0.867. The number of hydrazone groups is 1. The zero-order chi connectivity index (χ0) is 39.5. The second-order valence-corrected chi connectivity index (χ2v) is 13.4. The number of likely N-dealkylation sites (tertiary alicyclic amines) is 1. The van der Waals surface area contributed by atoms with Gasteiger partial charge in [-0.15, -0.1) is 11.8 Å². The lowest BCUT2D eigenvalue weighted by Gasteiger charge is -2.20. The Balaban J connectivity index is 1.23. The SMILES string of the molecule is CC(C)=NNC(=O)CCN1C(=O)CC(SC[C@H](NC(=O)CC[C@H](NC(O)c2ccc(NCc3cnc4nc(N)[nH]c(=O)c4n3)cc2)C(=O)O)C(=O)O)C1=O. The number of nitrogen functional groups attached to an aromatic ring is 1. The normalized spacial score (nSPS) is 15.7. The van der Waals surface area contributed by atoms with Crippen LogP contribution in [0.2, 0.25) is 0 Å². The molecule has 2 unspecified atom stereocenters. The number of H-pyrrole nitrogens is 1. The van der Waals surface area contributed by atoms with Gasteiger partial charge in [-0.3, -0.25) is 44.0 Å². The minimum atomic E-state index is -1.46. The number of hydrogen-bond acceptors (Lipinski definition) is 16. The number of benzene rings is 1. The number of carboxylic acid groups (broad SMARTS) is 2. The number of imide groups is 1. The number of carbonyl (C=O) groups excluding carboxylic acids is 4. The van der Waals surface area contributed by atoms with E-state index in [1.54, 1.807) is 26.0 Å². The van der Waals surface area contributed by atoms with E-state index < -0.39 is 71.1 Å². The largest absolute Gasteiger partial charge is 0.480 e. The minimum absolute atomic E-state index is 0.0248. The van der Waals surface area contributed by atoms with Gasteiger partial charge in [0.05, 0.1) is 23.7 Å². The number of nitrogens with one attached hydrogen (secondary N) is 5. The highest BCUT2D eigenvalue weighted by Crippen LogP contribution is 2.26. The quantitative estimate of drug-likeness (QED) is 0.0307. The molecule has 10 N–H and O–H groups in total. The molecule has 0 spiro atoms. The van der Waals surface area contributed by atoms with Gasteiger partial charge in [0.15, 0.2) is 11.2 Å². The van der Waals surface area contributed by atoms with E-state index >= 15 is 0 Å². The molecule has 1 saturated heterocycles. The third kappa shape index (κ3) is 11.5. The van der Waals surface area contributed by atoms with Crippen LogP contribution in [-0.2, 0) is 35.3 Å². The van der Waals surface area contributed by atoms with Gasteiger partial charge in [-0.1, -0.05) is 12.1 Å². The number of aliphatic hydroxyl groups is 1. The summed E-state index contributed by atoms with van der Waals surface area (Å²) in [5.41, 5.74) is 9.37. The van der Waals surface area contributed by atoms with Crippen LogP contribution < -0.4 is 32.7 Å². The fourth-order valence-electron chi connectivity index (χ4n) is 4.99. The number of carboxylic acids is 2. The molecule has 22 heteroatoms. The first-order valence-electron chi connectivity index (χ1n) is 16.4. The minimum Gasteiger partial charge on any atom is -0.480 e. The Hall–Kier alpha value is -6.00. The molecule has 21 nitrogen and oxygen atoms in total. The molecule has 1 fully saturated rings. The average Bonchev–Trinajstić information content (AvgIpc) is 3.39. The smallest absolute Gasteiger partial charge is 0.327 e. The van der Waals surface area contributed by atoms with Gasteiger partial charge in [-0.25, -0.2) is 20.2 Å². The predicted molar refractivity (Wildman–Crippen MR) is 194 cm³/mol. The number of aliphatic carboxylic acids is 2. The van der Waals surface area contributed by atoms with E-state index in [0.717, 1.165) is 16.7 Å². The molecule has 3 aromatic rings. The zero-order valence-electron chi connectivity index (χ0n) is 29.1. The predicted octanol–water partition coefficient (Wildman–Crippen LogP) is -0.946. The molecule has 54 heavy (non-hydrogen) atoms. The van der Waals surface area contributed by atoms with Crippen LogP contribution in [0.3, 0.4) is 0 Å². The van der Waals surface area contributed by atoms with Gasteiger partial charge in [0.2, 0.25) is 29.6 Å². The van der Waals surface area contributed by atoms with Crippen molar-refractivity contribution in [1.29, 1.82) is 0 Å². The van der Waals surface area contributed by atoms with Crippen LogP contribution in [0, 0.1) is 0 Å². The summed E-state index contributed by atoms with van der Waals surface area (Å²) in [4.78, 5) is 101. The van der Waals surface area contributed by atoms with E-state index in [2.05, 4.69) is 46.4 Å². The molecule has 2 aromatic heterocycles. The number of fused-ring (bicyclic) bond motifs is 1. The number of nitrogens with zero attached hydrogens (tertiary/aromatic N) is 5. The lowest BCUT2D eigenvalue weighted by atomic mass is 10.1. The van der Waals surface area contributed by atoms with Crippen molar-refractivity contribution in [3.63, 3.8) is 0 Å². The van der Waals surface area contributed by atoms with Gasteiger partial charge < -0.3 is 31.7 Å². The molecular weight excluding hydrogens is 730 g/mol. The highest BCUT2D eigenvalue weighted by molar-refractivity contribution is 8.00. The van der Waals surface area contributed by atoms with Crippen molar-refractivity contribution in [2.24, 2.45) is 5.10 Å². The summed E-state index contributed by atoms with van der Waals surface area (Å²) in [6, 6.07) is 3.45. The maximum absolute atomic E-state index is 12.8. The molecule has 1 aromatic carbocycles. The van der Waals surface area contributed by atoms with E-state index in [-0.39, 0.29) is 55.2 Å². The molecule has 4 amide bonds. The van der Waals surface area contributed by atoms with E-state index in [4.69, 9.17) is 5.73 Å². The first-order chi connectivity index (χ1) is 25.6. The van der Waals surface area contributed by atoms with Crippen molar-refractivity contribution >= 4 is 75.8 Å². The maximum Gasteiger partial charge on any atom is 0.327 e. The van der Waals surface area contributed by atoms with Crippen LogP contribution in [0.5, 0.6) is 0 Å². The molecule has 4 rings (SSSR count). The summed E-state index contributed by atoms with van der Waals surface area (Å²) < 4.78 is 0. The number of aliphatic hydroxyl groups excluding tert-OH is 1. The lowest BCUT2D eigenvalue weighted by Crippen LogP contribution is -2.44. The molecule has 0 aliphatic carbocycles. The Morgan fingerprint density at radius 3 is 2.41 bits per heavy atom. The molecular formula is C32H39N11O10S. The van der Waals surface area contributed by atoms with Crippen molar-refractivity contribution < 1.29 is 44.1 Å². The maximum atomic E-state index is 12.8. The van der Waals surface area contributed by atoms with Gasteiger partial charge in [-0.2, -0.15) is 10.1 Å². The Morgan fingerprint density at radius 1 is 1.04 bits per heavy atom. The molecule has 288 valence electrons. The van der Waals surface area contributed by atoms with Crippen LogP contribution in [0.25, 0.3) is 11.2 Å². The highest BCUT2D eigenvalue weighted by atomic mass is 32.2. The van der Waals surface area contributed by atoms with Crippen LogP contribution in [-0.4, -0.2) is 111 Å². The number of rotatable bonds is 19. The molecule has 4 atom stereocenters. The van der Waals surface area contributed by atoms with Crippen molar-refractivity contribution in [3.8, 4) is 0 Å². The molecule has 0 saturated carbocycles. The second-order valence-electron chi connectivity index (χ2n) is 12.2. The number of hydrogen-bond donors (Lipinski definition) is 9. The first-order valence-corrected chi connectivity index (χ1v) is 17.5. The molecule has 3 heterocycles. The number of anilines is 2. The number of thioether (sulfide) groups is 1. The lowest BCUT2D eigenvalue weighted by molar-refractivity contribution is -0.142. The topological polar surface area (TPSA) is 324 Å². The molecule has 0 bridgehead atoms. The fraction of sp³-hybridized carbons (Fsp3) is 0.406. The summed E-state index contributed by atoms with van der Waals surface area (Å²) in [5, 5.41) is 40.9. The third-order valence-electron chi connectivity index (χ3n) is 7.77. The van der Waals surface area contributed by atoms with Gasteiger partial charge in [0, 0.05) is 43.0 Å². The second kappa shape index (κ2) is 18.7. The van der Waals surface area contributed by atoms with E-state index in [9.17, 15) is 48.9 Å². The first kappa shape index (κ1) is 40.8. The number of aromatic nitrogens is 4. The average molecular weight is 770 g/mol. The Morgan fingerprint density at radius 2 is 1.74 bits per heavy atom. The van der Waals surface area contributed by atoms with E-state index in [0.29, 0.717) is 22.7 Å². The number of aromatic amines is 1. The summed E-state index contributed by atoms with van der Waals surface area (Å²) in [6.07, 6.45) is -1.11. The Kier molecular flexibility index (Phi) is 14.1. The van der Waals surface area contributed by atoms with Crippen LogP contribution in [0.15, 0.2) is 40.4 Å². The van der Waals surface area contributed by atoms with Gasteiger partial charge in [0.25, 0.3) is 5.56 Å². The van der Waals surface area contributed by atoms with Gasteiger partial charge >= 0.3 is 11.9 Å². The number of nitrogens with two attached hydrogens (primary N) is 1. The van der Waals surface area contributed by atoms with Crippen molar-refractivity contribution in [3.05, 3.63) is 52.1 Å². The van der Waals surface area contributed by atoms with E-state index in [1.807, 2.05) is 0 Å². The number of carbonyl (C=O) groups is 6. The fourth-order valence-corrected chi connectivity index (χ4v) is 6.17. The van der Waals surface area contributed by atoms with Gasteiger partial charge in [-0.05, 0) is 38.0 Å². The summed E-state index contributed by atoms with van der Waals surface area (Å²) in [6.45, 7) is 3.37. The standard InChI is InChI=1S/C32H39N11O10S/c1-15(2)41-42-23(45)9-10-43-24(46)11-21(29(43)49)54-14-20(31(52)53)37-22(44)8-7-19(30(50)51)38-27(47)16-3-5-17(6-4-16)34-12-18-13-35-26-25(36-18)28(48)40-32(33)39-26/h3-6,13,19-21,27,34,38,47H,7-12,14H2,1-2H3,(H,37,44)(H,42,45)(H,50,51)(H,52,53)(H3,33,35,39,40,48)/t19-,20-,21?,27?/m0/s1. The zero-order valence-corrected chi connectivity index (χ0v) is 29.9. The van der Waals surface area contributed by atoms with Crippen molar-refractivity contribution in [1.82, 2.24) is 40.9 Å². The highest BCUT2D eigenvalue weighted by Gasteiger charge is 2.39. The van der Waals surface area contributed by atoms with Crippen LogP contribution in [0.1, 0.15) is 57.0 Å². The molecule has 1 aliphatic rings. The summed E-state index contributed by atoms with van der Waals surface area (Å²) in [5.74, 6) is -5.49. The van der Waals surface area contributed by atoms with Crippen LogP contribution >= 0.6 is 11.8 Å². The summed E-state index contributed by atoms with van der Waals surface area (Å²) in [7, 11) is 0. The number of amides is 4. The van der Waals surface area contributed by atoms with Crippen molar-refractivity contribution in [2.45, 2.75) is 69.6 Å². The van der Waals surface area contributed by atoms with Gasteiger partial charge in [0.1, 0.15) is 18.3 Å². The third-order valence-corrected chi connectivity index (χ3v) is 9.07. The monoisotopic (exact) mass is 769 g/mol. The molecule has 1 aliphatic heterocycles.